The first-order valence-corrected chi connectivity index (χ1v) is 7.82. The molecule has 3 N–H and O–H groups in total. The van der Waals surface area contributed by atoms with Gasteiger partial charge in [0.15, 0.2) is 11.5 Å². The van der Waals surface area contributed by atoms with Crippen molar-refractivity contribution in [1.82, 2.24) is 4.90 Å². The number of fused-ring (bicyclic) bond motifs is 1. The summed E-state index contributed by atoms with van der Waals surface area (Å²) in [7, 11) is 2.97. The largest absolute Gasteiger partial charge is 0.504 e. The minimum Gasteiger partial charge on any atom is -0.504 e. The molecule has 1 amide bonds. The van der Waals surface area contributed by atoms with Gasteiger partial charge < -0.3 is 29.9 Å². The van der Waals surface area contributed by atoms with E-state index >= 15 is 0 Å². The molecular weight excluding hydrogens is 324 g/mol. The highest BCUT2D eigenvalue weighted by Gasteiger charge is 2.33. The van der Waals surface area contributed by atoms with Crippen molar-refractivity contribution < 1.29 is 24.5 Å². The zero-order valence-electron chi connectivity index (χ0n) is 14.0. The first-order valence-electron chi connectivity index (χ1n) is 7.82. The normalized spacial score (nSPS) is 16.3. The maximum Gasteiger partial charge on any atom is 0.257 e. The van der Waals surface area contributed by atoms with E-state index in [9.17, 15) is 15.0 Å². The number of phenolic OH excluding ortho intramolecular Hbond substituents is 2. The molecule has 132 valence electrons. The van der Waals surface area contributed by atoms with Gasteiger partial charge in [0.2, 0.25) is 5.75 Å². The third-order valence-corrected chi connectivity index (χ3v) is 4.17. The number of nitrogens with one attached hydrogen (secondary N) is 1. The number of rotatable bonds is 5. The third-order valence-electron chi connectivity index (χ3n) is 4.17. The number of benzene rings is 2. The molecule has 0 saturated heterocycles. The second-order valence-corrected chi connectivity index (χ2v) is 5.67. The summed E-state index contributed by atoms with van der Waals surface area (Å²) in [6.45, 7) is 0.735. The van der Waals surface area contributed by atoms with Crippen LogP contribution in [0.15, 0.2) is 36.4 Å². The summed E-state index contributed by atoms with van der Waals surface area (Å²) in [5.74, 6) is -0.649. The Balaban J connectivity index is 2.06. The second kappa shape index (κ2) is 6.90. The molecule has 2 aromatic rings. The quantitative estimate of drug-likeness (QED) is 0.721. The van der Waals surface area contributed by atoms with Crippen LogP contribution in [0.3, 0.4) is 0 Å². The van der Waals surface area contributed by atoms with E-state index in [1.54, 1.807) is 24.1 Å². The van der Waals surface area contributed by atoms with Crippen LogP contribution < -0.4 is 10.1 Å². The lowest BCUT2D eigenvalue weighted by atomic mass is 10.0. The summed E-state index contributed by atoms with van der Waals surface area (Å²) in [5, 5.41) is 23.1. The number of carbonyl (C=O) groups excluding carboxylic acids is 1. The Labute approximate surface area is 145 Å². The van der Waals surface area contributed by atoms with Gasteiger partial charge in [0.05, 0.1) is 19.3 Å². The summed E-state index contributed by atoms with van der Waals surface area (Å²) >= 11 is 0. The Morgan fingerprint density at radius 2 is 1.96 bits per heavy atom. The molecule has 0 fully saturated rings. The highest BCUT2D eigenvalue weighted by molar-refractivity contribution is 6.01. The fourth-order valence-electron chi connectivity index (χ4n) is 2.90. The van der Waals surface area contributed by atoms with Crippen molar-refractivity contribution in [3.63, 3.8) is 0 Å². The minimum absolute atomic E-state index is 0.134. The molecule has 1 heterocycles. The van der Waals surface area contributed by atoms with E-state index in [-0.39, 0.29) is 23.2 Å². The molecule has 3 rings (SSSR count). The van der Waals surface area contributed by atoms with Crippen molar-refractivity contribution in [3.05, 3.63) is 47.5 Å². The lowest BCUT2D eigenvalue weighted by Gasteiger charge is -2.38. The zero-order chi connectivity index (χ0) is 18.0. The van der Waals surface area contributed by atoms with E-state index in [1.807, 2.05) is 18.2 Å². The monoisotopic (exact) mass is 344 g/mol. The van der Waals surface area contributed by atoms with Crippen LogP contribution in [0, 0.1) is 0 Å². The molecule has 0 saturated carbocycles. The van der Waals surface area contributed by atoms with Gasteiger partial charge in [0.1, 0.15) is 6.17 Å². The number of carbonyl (C=O) groups is 1. The summed E-state index contributed by atoms with van der Waals surface area (Å²) < 4.78 is 10.2. The van der Waals surface area contributed by atoms with Gasteiger partial charge in [-0.25, -0.2) is 0 Å². The molecule has 0 aliphatic carbocycles. The van der Waals surface area contributed by atoms with Crippen LogP contribution in [0.5, 0.6) is 17.2 Å². The molecule has 1 atom stereocenters. The summed E-state index contributed by atoms with van der Waals surface area (Å²) in [5.41, 5.74) is 1.87. The summed E-state index contributed by atoms with van der Waals surface area (Å²) in [6.07, 6.45) is -0.530. The standard InChI is InChI=1S/C18H20N2O5/c1-24-8-7-20-17(11-9-14(21)16(22)15(10-11)25-2)19-13-6-4-3-5-12(13)18(20)23/h3-6,9-10,17,19,21-22H,7-8H2,1-2H3/t17-/m0/s1. The number of hydrogen-bond donors (Lipinski definition) is 3. The highest BCUT2D eigenvalue weighted by atomic mass is 16.5. The average Bonchev–Trinajstić information content (AvgIpc) is 2.63. The first-order chi connectivity index (χ1) is 12.1. The smallest absolute Gasteiger partial charge is 0.257 e. The van der Waals surface area contributed by atoms with Gasteiger partial charge in [0.25, 0.3) is 5.91 Å². The number of anilines is 1. The lowest BCUT2D eigenvalue weighted by molar-refractivity contribution is 0.0609. The van der Waals surface area contributed by atoms with E-state index in [0.717, 1.165) is 0 Å². The van der Waals surface area contributed by atoms with E-state index in [4.69, 9.17) is 9.47 Å². The van der Waals surface area contributed by atoms with E-state index in [2.05, 4.69) is 5.32 Å². The molecule has 0 spiro atoms. The average molecular weight is 344 g/mol. The van der Waals surface area contributed by atoms with Gasteiger partial charge in [0, 0.05) is 24.9 Å². The molecule has 2 aromatic carbocycles. The number of hydrogen-bond acceptors (Lipinski definition) is 6. The zero-order valence-corrected chi connectivity index (χ0v) is 14.0. The predicted octanol–water partition coefficient (Wildman–Crippen LogP) is 2.32. The maximum absolute atomic E-state index is 12.9. The Kier molecular flexibility index (Phi) is 4.67. The van der Waals surface area contributed by atoms with Crippen LogP contribution in [0.1, 0.15) is 22.1 Å². The molecule has 1 aliphatic heterocycles. The molecule has 0 bridgehead atoms. The van der Waals surface area contributed by atoms with Crippen molar-refractivity contribution in [1.29, 1.82) is 0 Å². The van der Waals surface area contributed by atoms with Gasteiger partial charge in [-0.2, -0.15) is 0 Å². The Morgan fingerprint density at radius 1 is 1.20 bits per heavy atom. The molecule has 25 heavy (non-hydrogen) atoms. The van der Waals surface area contributed by atoms with Crippen LogP contribution in [-0.2, 0) is 4.74 Å². The van der Waals surface area contributed by atoms with Crippen LogP contribution in [0.2, 0.25) is 0 Å². The van der Waals surface area contributed by atoms with Gasteiger partial charge in [-0.3, -0.25) is 4.79 Å². The second-order valence-electron chi connectivity index (χ2n) is 5.67. The van der Waals surface area contributed by atoms with Crippen LogP contribution in [0.4, 0.5) is 5.69 Å². The van der Waals surface area contributed by atoms with Crippen LogP contribution in [-0.4, -0.2) is 48.4 Å². The molecule has 0 radical (unpaired) electrons. The Bertz CT molecular complexity index is 793. The van der Waals surface area contributed by atoms with Crippen molar-refractivity contribution in [2.45, 2.75) is 6.17 Å². The molecule has 7 heteroatoms. The lowest BCUT2D eigenvalue weighted by Crippen LogP contribution is -2.44. The summed E-state index contributed by atoms with van der Waals surface area (Å²) in [4.78, 5) is 14.5. The van der Waals surface area contributed by atoms with Crippen LogP contribution >= 0.6 is 0 Å². The maximum atomic E-state index is 12.9. The van der Waals surface area contributed by atoms with E-state index in [0.29, 0.717) is 30.0 Å². The third kappa shape index (κ3) is 3.06. The number of methoxy groups -OCH3 is 2. The van der Waals surface area contributed by atoms with Crippen molar-refractivity contribution in [2.24, 2.45) is 0 Å². The molecule has 1 aliphatic rings. The van der Waals surface area contributed by atoms with Gasteiger partial charge in [-0.15, -0.1) is 0 Å². The minimum atomic E-state index is -0.530. The number of amides is 1. The number of phenols is 2. The fraction of sp³-hybridized carbons (Fsp3) is 0.278. The molecule has 0 aromatic heterocycles. The number of ether oxygens (including phenoxy) is 2. The molecular formula is C18H20N2O5. The van der Waals surface area contributed by atoms with E-state index in [1.165, 1.54) is 13.2 Å². The Hall–Kier alpha value is -2.93. The SMILES string of the molecule is COCCN1C(=O)c2ccccc2N[C@@H]1c1cc(O)c(O)c(OC)c1. The molecule has 0 unspecified atom stereocenters. The van der Waals surface area contributed by atoms with Crippen molar-refractivity contribution >= 4 is 11.6 Å². The summed E-state index contributed by atoms with van der Waals surface area (Å²) in [6, 6.07) is 10.2. The number of para-hydroxylation sites is 1. The van der Waals surface area contributed by atoms with Gasteiger partial charge in [-0.1, -0.05) is 12.1 Å². The van der Waals surface area contributed by atoms with E-state index < -0.39 is 6.17 Å². The Morgan fingerprint density at radius 3 is 2.68 bits per heavy atom. The number of nitrogens with zero attached hydrogens (tertiary/aromatic N) is 1. The molecule has 7 nitrogen and oxygen atoms in total. The fourth-order valence-corrected chi connectivity index (χ4v) is 2.90. The van der Waals surface area contributed by atoms with Gasteiger partial charge >= 0.3 is 0 Å². The van der Waals surface area contributed by atoms with Crippen molar-refractivity contribution in [2.75, 3.05) is 32.7 Å². The predicted molar refractivity (Wildman–Crippen MR) is 92.0 cm³/mol. The van der Waals surface area contributed by atoms with Crippen molar-refractivity contribution in [3.8, 4) is 17.2 Å². The first kappa shape index (κ1) is 16.9. The van der Waals surface area contributed by atoms with Gasteiger partial charge in [-0.05, 0) is 24.3 Å². The highest BCUT2D eigenvalue weighted by Crippen LogP contribution is 2.41. The number of aromatic hydroxyl groups is 2. The van der Waals surface area contributed by atoms with Crippen LogP contribution in [0.25, 0.3) is 0 Å². The topological polar surface area (TPSA) is 91.3 Å².